The van der Waals surface area contributed by atoms with E-state index in [2.05, 4.69) is 10.6 Å². The Morgan fingerprint density at radius 2 is 1.33 bits per heavy atom. The fraction of sp³-hybridized carbons (Fsp3) is 0.429. The molecular formula is C14H18N2O2S3. The monoisotopic (exact) mass is 342 g/mol. The fourth-order valence-corrected chi connectivity index (χ4v) is 4.32. The molecule has 0 aliphatic carbocycles. The van der Waals surface area contributed by atoms with Crippen molar-refractivity contribution in [2.45, 2.75) is 13.1 Å². The van der Waals surface area contributed by atoms with Gasteiger partial charge in [-0.25, -0.2) is 0 Å². The summed E-state index contributed by atoms with van der Waals surface area (Å²) in [5.74, 6) is 3.45. The Hall–Kier alpha value is -0.790. The van der Waals surface area contributed by atoms with Gasteiger partial charge in [0.15, 0.2) is 0 Å². The van der Waals surface area contributed by atoms with E-state index in [4.69, 9.17) is 0 Å². The van der Waals surface area contributed by atoms with E-state index in [1.54, 1.807) is 11.8 Å². The van der Waals surface area contributed by atoms with Crippen molar-refractivity contribution in [1.82, 2.24) is 10.6 Å². The van der Waals surface area contributed by atoms with Crippen LogP contribution in [-0.4, -0.2) is 33.5 Å². The van der Waals surface area contributed by atoms with E-state index in [1.165, 1.54) is 23.5 Å². The maximum Gasteiger partial charge on any atom is 0.279 e. The third kappa shape index (κ3) is 6.67. The summed E-state index contributed by atoms with van der Waals surface area (Å²) in [7, 11) is 0. The summed E-state index contributed by atoms with van der Waals surface area (Å²) >= 11 is 4.42. The van der Waals surface area contributed by atoms with Crippen LogP contribution in [0.5, 0.6) is 0 Å². The summed E-state index contributed by atoms with van der Waals surface area (Å²) < 4.78 is 0. The zero-order chi connectivity index (χ0) is 14.9. The Morgan fingerprint density at radius 3 is 1.86 bits per heavy atom. The number of carbonyl (C=O) groups excluding carboxylic acids is 2. The summed E-state index contributed by atoms with van der Waals surface area (Å²) in [6, 6.07) is 7.91. The Labute approximate surface area is 137 Å². The molecule has 0 spiro atoms. The molecule has 0 atom stereocenters. The number of rotatable bonds is 0. The maximum absolute atomic E-state index is 11.7. The molecule has 21 heavy (non-hydrogen) atoms. The lowest BCUT2D eigenvalue weighted by Gasteiger charge is -2.09. The van der Waals surface area contributed by atoms with Crippen LogP contribution in [0.1, 0.15) is 11.1 Å². The molecule has 1 heterocycles. The molecule has 0 saturated heterocycles. The first-order chi connectivity index (χ1) is 10.2. The fourth-order valence-electron chi connectivity index (χ4n) is 1.79. The van der Waals surface area contributed by atoms with Gasteiger partial charge in [0.1, 0.15) is 0 Å². The minimum absolute atomic E-state index is 0.0239. The van der Waals surface area contributed by atoms with Crippen molar-refractivity contribution in [3.63, 3.8) is 0 Å². The molecule has 2 N–H and O–H groups in total. The summed E-state index contributed by atoms with van der Waals surface area (Å²) in [5.41, 5.74) is 2.09. The first-order valence-electron chi connectivity index (χ1n) is 6.71. The molecule has 2 bridgehead atoms. The summed E-state index contributed by atoms with van der Waals surface area (Å²) in [6.45, 7) is 1.05. The van der Waals surface area contributed by atoms with Gasteiger partial charge in [0, 0.05) is 36.1 Å². The van der Waals surface area contributed by atoms with Crippen LogP contribution in [0.15, 0.2) is 24.3 Å². The van der Waals surface area contributed by atoms with Crippen LogP contribution in [0.2, 0.25) is 0 Å². The molecule has 1 aromatic rings. The smallest absolute Gasteiger partial charge is 0.279 e. The van der Waals surface area contributed by atoms with Crippen molar-refractivity contribution >= 4 is 45.8 Å². The number of amides is 2. The number of hydrogen-bond donors (Lipinski definition) is 2. The van der Waals surface area contributed by atoms with Crippen molar-refractivity contribution in [1.29, 1.82) is 0 Å². The van der Waals surface area contributed by atoms with Crippen molar-refractivity contribution in [2.24, 2.45) is 0 Å². The van der Waals surface area contributed by atoms with Crippen molar-refractivity contribution in [2.75, 3.05) is 23.0 Å². The largest absolute Gasteiger partial charge is 0.343 e. The van der Waals surface area contributed by atoms with Crippen LogP contribution < -0.4 is 10.6 Å². The van der Waals surface area contributed by atoms with Gasteiger partial charge in [0.2, 0.25) is 0 Å². The minimum Gasteiger partial charge on any atom is -0.343 e. The van der Waals surface area contributed by atoms with E-state index in [9.17, 15) is 9.59 Å². The molecule has 4 nitrogen and oxygen atoms in total. The van der Waals surface area contributed by atoms with Gasteiger partial charge in [-0.3, -0.25) is 9.59 Å². The van der Waals surface area contributed by atoms with Crippen LogP contribution in [0.25, 0.3) is 0 Å². The molecule has 2 rings (SSSR count). The van der Waals surface area contributed by atoms with Gasteiger partial charge in [0.25, 0.3) is 10.5 Å². The number of carbonyl (C=O) groups is 2. The van der Waals surface area contributed by atoms with Crippen LogP contribution in [0.3, 0.4) is 0 Å². The molecule has 1 aliphatic heterocycles. The zero-order valence-electron chi connectivity index (χ0n) is 11.6. The highest BCUT2D eigenvalue weighted by Crippen LogP contribution is 2.13. The SMILES string of the molecule is O=C1NCc2cccc(c2)CNC(=O)SCCSCCS1. The van der Waals surface area contributed by atoms with Crippen molar-refractivity contribution in [3.8, 4) is 0 Å². The highest BCUT2D eigenvalue weighted by atomic mass is 32.2. The Balaban J connectivity index is 1.97. The molecular weight excluding hydrogens is 324 g/mol. The van der Waals surface area contributed by atoms with E-state index in [0.29, 0.717) is 13.1 Å². The van der Waals surface area contributed by atoms with Gasteiger partial charge in [0.05, 0.1) is 0 Å². The molecule has 7 heteroatoms. The van der Waals surface area contributed by atoms with Gasteiger partial charge in [-0.05, 0) is 11.1 Å². The zero-order valence-corrected chi connectivity index (χ0v) is 14.0. The predicted molar refractivity (Wildman–Crippen MR) is 93.2 cm³/mol. The summed E-state index contributed by atoms with van der Waals surface area (Å²) in [6.07, 6.45) is 0. The van der Waals surface area contributed by atoms with Crippen LogP contribution in [0.4, 0.5) is 9.59 Å². The van der Waals surface area contributed by atoms with E-state index >= 15 is 0 Å². The summed E-state index contributed by atoms with van der Waals surface area (Å²) in [4.78, 5) is 23.4. The average molecular weight is 343 g/mol. The van der Waals surface area contributed by atoms with Gasteiger partial charge >= 0.3 is 0 Å². The first kappa shape index (κ1) is 16.6. The normalized spacial score (nSPS) is 18.7. The van der Waals surface area contributed by atoms with Crippen LogP contribution in [-0.2, 0) is 13.1 Å². The predicted octanol–water partition coefficient (Wildman–Crippen LogP) is 3.32. The highest BCUT2D eigenvalue weighted by Gasteiger charge is 2.06. The third-order valence-electron chi connectivity index (χ3n) is 2.79. The molecule has 1 aliphatic rings. The van der Waals surface area contributed by atoms with E-state index in [-0.39, 0.29) is 10.5 Å². The van der Waals surface area contributed by atoms with Crippen molar-refractivity contribution < 1.29 is 9.59 Å². The molecule has 0 radical (unpaired) electrons. The molecule has 0 unspecified atom stereocenters. The average Bonchev–Trinajstić information content (AvgIpc) is 2.49. The molecule has 0 saturated carbocycles. The second kappa shape index (κ2) is 9.27. The molecule has 1 aromatic carbocycles. The lowest BCUT2D eigenvalue weighted by molar-refractivity contribution is 0.260. The number of fused-ring (bicyclic) bond motifs is 2. The maximum atomic E-state index is 11.7. The number of nitrogens with one attached hydrogen (secondary N) is 2. The molecule has 114 valence electrons. The van der Waals surface area contributed by atoms with Crippen LogP contribution >= 0.6 is 35.3 Å². The van der Waals surface area contributed by atoms with E-state index in [0.717, 1.165) is 34.1 Å². The lowest BCUT2D eigenvalue weighted by Crippen LogP contribution is -2.20. The Morgan fingerprint density at radius 1 is 0.810 bits per heavy atom. The van der Waals surface area contributed by atoms with Gasteiger partial charge < -0.3 is 10.6 Å². The van der Waals surface area contributed by atoms with Gasteiger partial charge in [-0.15, -0.1) is 0 Å². The second-order valence-electron chi connectivity index (χ2n) is 4.41. The quantitative estimate of drug-likeness (QED) is 0.757. The third-order valence-corrected chi connectivity index (χ3v) is 5.92. The van der Waals surface area contributed by atoms with Gasteiger partial charge in [-0.2, -0.15) is 11.8 Å². The van der Waals surface area contributed by atoms with Gasteiger partial charge in [-0.1, -0.05) is 47.8 Å². The lowest BCUT2D eigenvalue weighted by atomic mass is 10.1. The Bertz CT molecular complexity index is 458. The minimum atomic E-state index is 0.0239. The second-order valence-corrected chi connectivity index (χ2v) is 7.77. The standard InChI is InChI=1S/C14H18N2O2S3/c17-13-15-9-11-2-1-3-12(8-11)10-16-14(18)21-7-5-19-4-6-20-13/h1-3,8H,4-7,9-10H2,(H,15,17)(H,16,18). The number of thioether (sulfide) groups is 3. The highest BCUT2D eigenvalue weighted by molar-refractivity contribution is 8.15. The first-order valence-corrected chi connectivity index (χ1v) is 9.83. The van der Waals surface area contributed by atoms with E-state index < -0.39 is 0 Å². The topological polar surface area (TPSA) is 58.2 Å². The van der Waals surface area contributed by atoms with E-state index in [1.807, 2.05) is 24.3 Å². The molecule has 2 amide bonds. The summed E-state index contributed by atoms with van der Waals surface area (Å²) in [5, 5.41) is 5.86. The molecule has 0 fully saturated rings. The van der Waals surface area contributed by atoms with Crippen molar-refractivity contribution in [3.05, 3.63) is 35.4 Å². The van der Waals surface area contributed by atoms with Crippen LogP contribution in [0, 0.1) is 0 Å². The Kier molecular flexibility index (Phi) is 7.32. The number of benzene rings is 1. The number of hydrogen-bond acceptors (Lipinski definition) is 5. The molecule has 0 aromatic heterocycles.